The number of amides is 3. The topological polar surface area (TPSA) is 106 Å². The van der Waals surface area contributed by atoms with Crippen LogP contribution in [0.2, 0.25) is 0 Å². The van der Waals surface area contributed by atoms with Gasteiger partial charge in [-0.3, -0.25) is 14.4 Å². The second-order valence-corrected chi connectivity index (χ2v) is 9.85. The Morgan fingerprint density at radius 3 is 2.57 bits per heavy atom. The molecule has 4 N–H and O–H groups in total. The fourth-order valence-electron chi connectivity index (χ4n) is 4.10. The van der Waals surface area contributed by atoms with Crippen molar-refractivity contribution in [1.29, 1.82) is 0 Å². The van der Waals surface area contributed by atoms with E-state index < -0.39 is 6.04 Å². The van der Waals surface area contributed by atoms with Gasteiger partial charge in [0.25, 0.3) is 0 Å². The Labute approximate surface area is 222 Å². The molecule has 1 aliphatic rings. The number of para-hydroxylation sites is 1. The molecule has 0 saturated carbocycles. The first-order valence-corrected chi connectivity index (χ1v) is 13.1. The Morgan fingerprint density at radius 1 is 1.16 bits per heavy atom. The number of terminal acetylenes is 1. The van der Waals surface area contributed by atoms with Crippen LogP contribution in [0.1, 0.15) is 6.92 Å². The fourth-order valence-corrected chi connectivity index (χ4v) is 5.68. The first kappa shape index (κ1) is 27.9. The minimum Gasteiger partial charge on any atom is -0.383 e. The third-order valence-electron chi connectivity index (χ3n) is 5.97. The lowest BCUT2D eigenvalue weighted by Crippen LogP contribution is -2.54. The number of nitrogens with zero attached hydrogens (tertiary/aromatic N) is 2. The Hall–Kier alpha value is -3.68. The van der Waals surface area contributed by atoms with Crippen molar-refractivity contribution in [1.82, 2.24) is 15.5 Å². The molecule has 3 rings (SSSR count). The van der Waals surface area contributed by atoms with Gasteiger partial charge >= 0.3 is 0 Å². The maximum atomic E-state index is 13.1. The largest absolute Gasteiger partial charge is 0.383 e. The van der Waals surface area contributed by atoms with Gasteiger partial charge in [0.1, 0.15) is 16.7 Å². The summed E-state index contributed by atoms with van der Waals surface area (Å²) in [6, 6.07) is 16.5. The normalized spacial score (nSPS) is 17.6. The smallest absolute Gasteiger partial charge is 0.243 e. The highest BCUT2D eigenvalue weighted by atomic mass is 32.2. The van der Waals surface area contributed by atoms with Gasteiger partial charge in [-0.2, -0.15) is 0 Å². The van der Waals surface area contributed by atoms with Gasteiger partial charge in [-0.25, -0.2) is 0 Å². The third kappa shape index (κ3) is 7.41. The molecule has 2 aromatic rings. The summed E-state index contributed by atoms with van der Waals surface area (Å²) in [5, 5.41) is 11.2. The van der Waals surface area contributed by atoms with E-state index in [-0.39, 0.29) is 41.4 Å². The summed E-state index contributed by atoms with van der Waals surface area (Å²) in [5.41, 5.74) is 2.40. The van der Waals surface area contributed by atoms with Gasteiger partial charge in [-0.1, -0.05) is 30.2 Å². The molecule has 0 aliphatic carbocycles. The first-order chi connectivity index (χ1) is 17.9. The van der Waals surface area contributed by atoms with E-state index in [1.165, 1.54) is 11.8 Å². The predicted molar refractivity (Wildman–Crippen MR) is 151 cm³/mol. The van der Waals surface area contributed by atoms with Gasteiger partial charge < -0.3 is 31.1 Å². The number of rotatable bonds is 12. The zero-order chi connectivity index (χ0) is 26.8. The van der Waals surface area contributed by atoms with E-state index in [4.69, 9.17) is 6.42 Å². The SMILES string of the molecule is C#CCNC(=O)[C@@H](NC)C1S[C@H](CNc2cccc(NC(=O)CN(C)c3ccccc3)c2)C(=O)N1CC. The van der Waals surface area contributed by atoms with Crippen molar-refractivity contribution < 1.29 is 14.4 Å². The van der Waals surface area contributed by atoms with Crippen LogP contribution in [-0.4, -0.2) is 79.6 Å². The van der Waals surface area contributed by atoms with E-state index in [0.717, 1.165) is 11.4 Å². The molecule has 9 nitrogen and oxygen atoms in total. The van der Waals surface area contributed by atoms with Crippen LogP contribution < -0.4 is 26.2 Å². The van der Waals surface area contributed by atoms with Crippen molar-refractivity contribution >= 4 is 46.5 Å². The molecule has 3 amide bonds. The van der Waals surface area contributed by atoms with Gasteiger partial charge in [0.05, 0.1) is 13.1 Å². The van der Waals surface area contributed by atoms with E-state index in [2.05, 4.69) is 27.2 Å². The summed E-state index contributed by atoms with van der Waals surface area (Å²) >= 11 is 1.45. The molecule has 0 radical (unpaired) electrons. The van der Waals surface area contributed by atoms with Crippen LogP contribution in [0.4, 0.5) is 17.1 Å². The molecule has 2 aromatic carbocycles. The summed E-state index contributed by atoms with van der Waals surface area (Å²) in [5.74, 6) is 2.00. The minimum absolute atomic E-state index is 0.0246. The maximum Gasteiger partial charge on any atom is 0.243 e. The molecule has 1 unspecified atom stereocenters. The van der Waals surface area contributed by atoms with Crippen molar-refractivity contribution in [3.63, 3.8) is 0 Å². The van der Waals surface area contributed by atoms with Gasteiger partial charge in [0, 0.05) is 37.2 Å². The number of hydrogen-bond acceptors (Lipinski definition) is 7. The van der Waals surface area contributed by atoms with E-state index in [1.807, 2.05) is 73.5 Å². The lowest BCUT2D eigenvalue weighted by atomic mass is 10.2. The van der Waals surface area contributed by atoms with Crippen molar-refractivity contribution in [3.8, 4) is 12.3 Å². The number of hydrogen-bond donors (Lipinski definition) is 4. The van der Waals surface area contributed by atoms with Crippen LogP contribution >= 0.6 is 11.8 Å². The van der Waals surface area contributed by atoms with E-state index in [9.17, 15) is 14.4 Å². The van der Waals surface area contributed by atoms with Crippen molar-refractivity contribution in [3.05, 3.63) is 54.6 Å². The van der Waals surface area contributed by atoms with Crippen LogP contribution in [0.3, 0.4) is 0 Å². The first-order valence-electron chi connectivity index (χ1n) is 12.1. The monoisotopic (exact) mass is 522 g/mol. The number of likely N-dealkylation sites (N-methyl/N-ethyl adjacent to an activating group) is 3. The third-order valence-corrected chi connectivity index (χ3v) is 7.47. The van der Waals surface area contributed by atoms with Gasteiger partial charge in [-0.15, -0.1) is 18.2 Å². The number of nitrogens with one attached hydrogen (secondary N) is 4. The van der Waals surface area contributed by atoms with Crippen molar-refractivity contribution in [2.45, 2.75) is 23.6 Å². The Balaban J connectivity index is 1.58. The average molecular weight is 523 g/mol. The van der Waals surface area contributed by atoms with Gasteiger partial charge in [0.2, 0.25) is 17.7 Å². The summed E-state index contributed by atoms with van der Waals surface area (Å²) < 4.78 is 0. The number of carbonyl (C=O) groups excluding carboxylic acids is 3. The zero-order valence-electron chi connectivity index (χ0n) is 21.4. The quantitative estimate of drug-likeness (QED) is 0.315. The molecule has 1 heterocycles. The maximum absolute atomic E-state index is 13.1. The van der Waals surface area contributed by atoms with E-state index in [1.54, 1.807) is 11.9 Å². The molecule has 196 valence electrons. The summed E-state index contributed by atoms with van der Waals surface area (Å²) in [7, 11) is 3.56. The highest BCUT2D eigenvalue weighted by Gasteiger charge is 2.44. The minimum atomic E-state index is -0.584. The molecule has 3 atom stereocenters. The second kappa shape index (κ2) is 13.6. The lowest BCUT2D eigenvalue weighted by Gasteiger charge is -2.28. The van der Waals surface area contributed by atoms with Crippen molar-refractivity contribution in [2.75, 3.05) is 55.8 Å². The highest BCUT2D eigenvalue weighted by molar-refractivity contribution is 8.01. The standard InChI is InChI=1S/C27H34N6O3S/c1-5-15-29-25(35)24(28-3)27-33(6-2)26(36)22(37-27)17-30-19-11-10-12-20(16-19)31-23(34)18-32(4)21-13-8-7-9-14-21/h1,7-14,16,22,24,27-28,30H,6,15,17-18H2,2-4H3,(H,29,35)(H,31,34)/t22-,24-,27?/m1/s1. The summed E-state index contributed by atoms with van der Waals surface area (Å²) in [6.07, 6.45) is 5.26. The molecular formula is C27H34N6O3S. The molecule has 0 aromatic heterocycles. The van der Waals surface area contributed by atoms with Gasteiger partial charge in [0.15, 0.2) is 0 Å². The Bertz CT molecular complexity index is 1120. The Kier molecular flexibility index (Phi) is 10.2. The molecule has 0 bridgehead atoms. The second-order valence-electron chi connectivity index (χ2n) is 8.53. The molecule has 1 saturated heterocycles. The predicted octanol–water partition coefficient (Wildman–Crippen LogP) is 1.80. The molecule has 1 fully saturated rings. The van der Waals surface area contributed by atoms with E-state index >= 15 is 0 Å². The number of carbonyl (C=O) groups is 3. The van der Waals surface area contributed by atoms with Gasteiger partial charge in [-0.05, 0) is 44.3 Å². The molecule has 10 heteroatoms. The van der Waals surface area contributed by atoms with Crippen molar-refractivity contribution in [2.24, 2.45) is 0 Å². The molecule has 37 heavy (non-hydrogen) atoms. The Morgan fingerprint density at radius 2 is 1.89 bits per heavy atom. The summed E-state index contributed by atoms with van der Waals surface area (Å²) in [4.78, 5) is 41.8. The van der Waals surface area contributed by atoms with Crippen LogP contribution in [0.25, 0.3) is 0 Å². The number of anilines is 3. The zero-order valence-corrected chi connectivity index (χ0v) is 22.2. The fraction of sp³-hybridized carbons (Fsp3) is 0.370. The number of thioether (sulfide) groups is 1. The summed E-state index contributed by atoms with van der Waals surface area (Å²) in [6.45, 7) is 3.12. The average Bonchev–Trinajstić information content (AvgIpc) is 3.21. The van der Waals surface area contributed by atoms with E-state index in [0.29, 0.717) is 18.8 Å². The van der Waals surface area contributed by atoms with Crippen LogP contribution in [-0.2, 0) is 14.4 Å². The highest BCUT2D eigenvalue weighted by Crippen LogP contribution is 2.34. The lowest BCUT2D eigenvalue weighted by molar-refractivity contribution is -0.131. The number of benzene rings is 2. The van der Waals surface area contributed by atoms with Crippen LogP contribution in [0, 0.1) is 12.3 Å². The molecular weight excluding hydrogens is 488 g/mol. The molecule has 1 aliphatic heterocycles. The van der Waals surface area contributed by atoms with Crippen LogP contribution in [0.5, 0.6) is 0 Å². The van der Waals surface area contributed by atoms with Crippen LogP contribution in [0.15, 0.2) is 54.6 Å². The molecule has 0 spiro atoms.